The summed E-state index contributed by atoms with van der Waals surface area (Å²) in [6.07, 6.45) is 15.0. The minimum absolute atomic E-state index is 0.0877. The van der Waals surface area contributed by atoms with Gasteiger partial charge in [-0.05, 0) is 93.2 Å². The second-order valence-corrected chi connectivity index (χ2v) is 12.3. The van der Waals surface area contributed by atoms with E-state index in [-0.39, 0.29) is 17.4 Å². The molecule has 5 aliphatic rings. The zero-order valence-electron chi connectivity index (χ0n) is 22.3. The van der Waals surface area contributed by atoms with Crippen LogP contribution in [0.4, 0.5) is 0 Å². The molecule has 4 bridgehead atoms. The Labute approximate surface area is 225 Å². The van der Waals surface area contributed by atoms with Crippen LogP contribution in [0.25, 0.3) is 5.69 Å². The SMILES string of the molecule is NCCNC(=O)c1cccc(-n2ncc(C(=O)NC34CC5CC(CC(C5)C3)C4)c2OCC2CCCCC2)c1. The molecule has 7 rings (SSSR count). The Kier molecular flexibility index (Phi) is 7.16. The van der Waals surface area contributed by atoms with Gasteiger partial charge in [-0.25, -0.2) is 4.68 Å². The van der Waals surface area contributed by atoms with Crippen LogP contribution in [0, 0.1) is 23.7 Å². The molecule has 2 amide bonds. The first-order valence-corrected chi connectivity index (χ1v) is 14.6. The van der Waals surface area contributed by atoms with Crippen LogP contribution in [-0.2, 0) is 0 Å². The van der Waals surface area contributed by atoms with E-state index in [1.807, 2.05) is 12.1 Å². The predicted molar refractivity (Wildman–Crippen MR) is 145 cm³/mol. The molecule has 8 heteroatoms. The van der Waals surface area contributed by atoms with Crippen molar-refractivity contribution in [1.82, 2.24) is 20.4 Å². The maximum atomic E-state index is 13.8. The molecule has 38 heavy (non-hydrogen) atoms. The van der Waals surface area contributed by atoms with Crippen molar-refractivity contribution in [2.45, 2.75) is 76.2 Å². The van der Waals surface area contributed by atoms with Crippen LogP contribution < -0.4 is 21.1 Å². The van der Waals surface area contributed by atoms with Gasteiger partial charge in [0.05, 0.1) is 18.5 Å². The molecule has 1 heterocycles. The Balaban J connectivity index is 1.27. The van der Waals surface area contributed by atoms with E-state index < -0.39 is 0 Å². The van der Waals surface area contributed by atoms with Crippen LogP contribution >= 0.6 is 0 Å². The quantitative estimate of drug-likeness (QED) is 0.459. The van der Waals surface area contributed by atoms with Crippen LogP contribution in [0.3, 0.4) is 0 Å². The second kappa shape index (κ2) is 10.7. The molecule has 204 valence electrons. The minimum Gasteiger partial charge on any atom is -0.477 e. The van der Waals surface area contributed by atoms with Gasteiger partial charge in [-0.15, -0.1) is 0 Å². The van der Waals surface area contributed by atoms with Gasteiger partial charge in [0, 0.05) is 24.2 Å². The highest BCUT2D eigenvalue weighted by Gasteiger charge is 2.51. The lowest BCUT2D eigenvalue weighted by atomic mass is 9.53. The number of nitrogens with zero attached hydrogens (tertiary/aromatic N) is 2. The van der Waals surface area contributed by atoms with Crippen LogP contribution in [-0.4, -0.2) is 46.8 Å². The first-order valence-electron chi connectivity index (χ1n) is 14.6. The molecule has 0 aliphatic heterocycles. The van der Waals surface area contributed by atoms with Crippen molar-refractivity contribution in [3.8, 4) is 11.6 Å². The van der Waals surface area contributed by atoms with Gasteiger partial charge in [0.25, 0.3) is 11.8 Å². The third kappa shape index (κ3) is 5.20. The number of benzene rings is 1. The van der Waals surface area contributed by atoms with Crippen LogP contribution in [0.5, 0.6) is 5.88 Å². The molecule has 8 nitrogen and oxygen atoms in total. The summed E-state index contributed by atoms with van der Waals surface area (Å²) >= 11 is 0. The zero-order valence-corrected chi connectivity index (χ0v) is 22.3. The molecule has 0 radical (unpaired) electrons. The monoisotopic (exact) mass is 519 g/mol. The number of ether oxygens (including phenoxy) is 1. The average Bonchev–Trinajstić information content (AvgIpc) is 3.34. The van der Waals surface area contributed by atoms with Gasteiger partial charge in [0.1, 0.15) is 5.56 Å². The molecule has 5 saturated carbocycles. The molecular weight excluding hydrogens is 478 g/mol. The molecule has 0 spiro atoms. The Morgan fingerprint density at radius 1 is 1.03 bits per heavy atom. The molecule has 5 aliphatic carbocycles. The smallest absolute Gasteiger partial charge is 0.258 e. The van der Waals surface area contributed by atoms with Crippen molar-refractivity contribution in [2.24, 2.45) is 29.4 Å². The topological polar surface area (TPSA) is 111 Å². The lowest BCUT2D eigenvalue weighted by Gasteiger charge is -2.56. The number of hydrogen-bond acceptors (Lipinski definition) is 5. The lowest BCUT2D eigenvalue weighted by molar-refractivity contribution is -0.0167. The van der Waals surface area contributed by atoms with E-state index >= 15 is 0 Å². The largest absolute Gasteiger partial charge is 0.477 e. The van der Waals surface area contributed by atoms with Gasteiger partial charge >= 0.3 is 0 Å². The molecular formula is C30H41N5O3. The molecule has 2 aromatic rings. The van der Waals surface area contributed by atoms with E-state index in [0.717, 1.165) is 49.9 Å². The first-order chi connectivity index (χ1) is 18.5. The van der Waals surface area contributed by atoms with Gasteiger partial charge in [-0.3, -0.25) is 9.59 Å². The summed E-state index contributed by atoms with van der Waals surface area (Å²) in [6.45, 7) is 1.36. The number of carbonyl (C=O) groups excluding carboxylic acids is 2. The number of aromatic nitrogens is 2. The number of nitrogens with one attached hydrogen (secondary N) is 2. The normalized spacial score (nSPS) is 28.3. The molecule has 0 atom stereocenters. The summed E-state index contributed by atoms with van der Waals surface area (Å²) in [7, 11) is 0. The first kappa shape index (κ1) is 25.4. The van der Waals surface area contributed by atoms with Crippen molar-refractivity contribution in [3.63, 3.8) is 0 Å². The Morgan fingerprint density at radius 3 is 2.42 bits per heavy atom. The summed E-state index contributed by atoms with van der Waals surface area (Å²) in [5, 5.41) is 10.9. The van der Waals surface area contributed by atoms with Crippen molar-refractivity contribution >= 4 is 11.8 Å². The highest BCUT2D eigenvalue weighted by atomic mass is 16.5. The summed E-state index contributed by atoms with van der Waals surface area (Å²) in [5.74, 6) is 2.93. The van der Waals surface area contributed by atoms with Crippen molar-refractivity contribution in [2.75, 3.05) is 19.7 Å². The number of rotatable bonds is 9. The molecule has 0 saturated heterocycles. The van der Waals surface area contributed by atoms with Crippen LogP contribution in [0.1, 0.15) is 91.3 Å². The Morgan fingerprint density at radius 2 is 1.74 bits per heavy atom. The number of amides is 2. The van der Waals surface area contributed by atoms with E-state index in [4.69, 9.17) is 10.5 Å². The highest BCUT2D eigenvalue weighted by Crippen LogP contribution is 2.55. The maximum absolute atomic E-state index is 13.8. The summed E-state index contributed by atoms with van der Waals surface area (Å²) in [4.78, 5) is 26.4. The van der Waals surface area contributed by atoms with E-state index in [1.165, 1.54) is 38.5 Å². The molecule has 5 fully saturated rings. The van der Waals surface area contributed by atoms with Gasteiger partial charge in [0.15, 0.2) is 0 Å². The van der Waals surface area contributed by atoms with Crippen LogP contribution in [0.2, 0.25) is 0 Å². The number of hydrogen-bond donors (Lipinski definition) is 3. The van der Waals surface area contributed by atoms with Crippen molar-refractivity contribution < 1.29 is 14.3 Å². The Hall–Kier alpha value is -2.87. The van der Waals surface area contributed by atoms with Gasteiger partial charge in [-0.2, -0.15) is 5.10 Å². The van der Waals surface area contributed by atoms with Crippen LogP contribution in [0.15, 0.2) is 30.5 Å². The lowest BCUT2D eigenvalue weighted by Crippen LogP contribution is -2.59. The highest BCUT2D eigenvalue weighted by molar-refractivity contribution is 5.97. The van der Waals surface area contributed by atoms with Gasteiger partial charge < -0.3 is 21.1 Å². The zero-order chi connectivity index (χ0) is 26.1. The van der Waals surface area contributed by atoms with Gasteiger partial charge in [0.2, 0.25) is 5.88 Å². The molecule has 0 unspecified atom stereocenters. The van der Waals surface area contributed by atoms with E-state index in [1.54, 1.807) is 23.0 Å². The van der Waals surface area contributed by atoms with Gasteiger partial charge in [-0.1, -0.05) is 25.3 Å². The fourth-order valence-electron chi connectivity index (χ4n) is 8.00. The van der Waals surface area contributed by atoms with E-state index in [0.29, 0.717) is 48.3 Å². The molecule has 1 aromatic heterocycles. The van der Waals surface area contributed by atoms with E-state index in [9.17, 15) is 9.59 Å². The number of carbonyl (C=O) groups is 2. The average molecular weight is 520 g/mol. The summed E-state index contributed by atoms with van der Waals surface area (Å²) < 4.78 is 8.11. The third-order valence-electron chi connectivity index (χ3n) is 9.35. The predicted octanol–water partition coefficient (Wildman–Crippen LogP) is 4.22. The fourth-order valence-corrected chi connectivity index (χ4v) is 8.00. The number of nitrogens with two attached hydrogens (primary N) is 1. The van der Waals surface area contributed by atoms with Crippen molar-refractivity contribution in [1.29, 1.82) is 0 Å². The third-order valence-corrected chi connectivity index (χ3v) is 9.35. The summed E-state index contributed by atoms with van der Waals surface area (Å²) in [6, 6.07) is 7.27. The standard InChI is InChI=1S/C30H41N5O3/c31-9-10-32-27(36)24-7-4-8-25(14-24)35-29(38-19-20-5-2-1-3-6-20)26(18-33-35)28(37)34-30-15-21-11-22(16-30)13-23(12-21)17-30/h4,7-8,14,18,20-23H,1-3,5-6,9-13,15-17,19,31H2,(H,32,36)(H,34,37). The second-order valence-electron chi connectivity index (χ2n) is 12.3. The summed E-state index contributed by atoms with van der Waals surface area (Å²) in [5.41, 5.74) is 7.15. The van der Waals surface area contributed by atoms with Crippen molar-refractivity contribution in [3.05, 3.63) is 41.6 Å². The maximum Gasteiger partial charge on any atom is 0.258 e. The fraction of sp³-hybridized carbons (Fsp3) is 0.633. The minimum atomic E-state index is -0.186. The Bertz CT molecular complexity index is 1130. The van der Waals surface area contributed by atoms with E-state index in [2.05, 4.69) is 15.7 Å². The molecule has 4 N–H and O–H groups in total. The molecule has 1 aromatic carbocycles.